The molecule has 0 spiro atoms. The van der Waals surface area contributed by atoms with Crippen molar-refractivity contribution in [2.75, 3.05) is 12.4 Å². The highest BCUT2D eigenvalue weighted by atomic mass is 32.1. The first-order chi connectivity index (χ1) is 12.3. The van der Waals surface area contributed by atoms with Crippen LogP contribution in [0.15, 0.2) is 30.3 Å². The summed E-state index contributed by atoms with van der Waals surface area (Å²) < 4.78 is 9.97. The summed E-state index contributed by atoms with van der Waals surface area (Å²) in [6, 6.07) is 9.25. The maximum absolute atomic E-state index is 12.6. The summed E-state index contributed by atoms with van der Waals surface area (Å²) in [5, 5.41) is 2.97. The zero-order valence-corrected chi connectivity index (χ0v) is 15.4. The van der Waals surface area contributed by atoms with Gasteiger partial charge in [0.15, 0.2) is 10.8 Å². The summed E-state index contributed by atoms with van der Waals surface area (Å²) in [4.78, 5) is 41.0. The van der Waals surface area contributed by atoms with Crippen LogP contribution >= 0.6 is 11.3 Å². The first-order valence-corrected chi connectivity index (χ1v) is 8.80. The van der Waals surface area contributed by atoms with Gasteiger partial charge >= 0.3 is 11.9 Å². The Morgan fingerprint density at radius 1 is 1.31 bits per heavy atom. The number of thiazole rings is 1. The van der Waals surface area contributed by atoms with Crippen molar-refractivity contribution in [3.63, 3.8) is 0 Å². The number of ether oxygens (including phenoxy) is 2. The van der Waals surface area contributed by atoms with Gasteiger partial charge in [0.2, 0.25) is 5.91 Å². The number of carbonyl (C=O) groups excluding carboxylic acids is 3. The molecule has 0 radical (unpaired) electrons. The number of nitrogens with one attached hydrogen (secondary N) is 1. The van der Waals surface area contributed by atoms with Crippen molar-refractivity contribution in [1.82, 2.24) is 4.98 Å². The third-order valence-corrected chi connectivity index (χ3v) is 5.20. The van der Waals surface area contributed by atoms with E-state index in [2.05, 4.69) is 10.3 Å². The predicted molar refractivity (Wildman–Crippen MR) is 95.8 cm³/mol. The van der Waals surface area contributed by atoms with Gasteiger partial charge in [-0.05, 0) is 19.4 Å². The lowest BCUT2D eigenvalue weighted by atomic mass is 9.90. The zero-order valence-electron chi connectivity index (χ0n) is 14.6. The lowest BCUT2D eigenvalue weighted by Crippen LogP contribution is -2.36. The number of carbonyl (C=O) groups is 3. The van der Waals surface area contributed by atoms with E-state index in [1.54, 1.807) is 13.8 Å². The first kappa shape index (κ1) is 18.1. The number of amides is 1. The van der Waals surface area contributed by atoms with Crippen LogP contribution in [-0.4, -0.2) is 35.5 Å². The lowest BCUT2D eigenvalue weighted by molar-refractivity contribution is -0.147. The average molecular weight is 374 g/mol. The summed E-state index contributed by atoms with van der Waals surface area (Å²) >= 11 is 1.17. The molecule has 1 unspecified atom stereocenters. The molecule has 0 aliphatic carbocycles. The molecule has 8 heteroatoms. The monoisotopic (exact) mass is 374 g/mol. The highest BCUT2D eigenvalue weighted by Crippen LogP contribution is 2.36. The van der Waals surface area contributed by atoms with Crippen LogP contribution in [0.25, 0.3) is 10.4 Å². The number of cyclic esters (lactones) is 1. The Bertz CT molecular complexity index is 860. The van der Waals surface area contributed by atoms with Crippen LogP contribution in [0.5, 0.6) is 0 Å². The van der Waals surface area contributed by atoms with Crippen LogP contribution < -0.4 is 5.32 Å². The molecule has 1 amide bonds. The van der Waals surface area contributed by atoms with Crippen molar-refractivity contribution in [3.8, 4) is 10.4 Å². The van der Waals surface area contributed by atoms with E-state index < -0.39 is 23.5 Å². The molecular weight excluding hydrogens is 356 g/mol. The van der Waals surface area contributed by atoms with Gasteiger partial charge in [0, 0.05) is 0 Å². The summed E-state index contributed by atoms with van der Waals surface area (Å²) in [5.74, 6) is -1.99. The van der Waals surface area contributed by atoms with Gasteiger partial charge in [0.1, 0.15) is 5.60 Å². The van der Waals surface area contributed by atoms with Gasteiger partial charge < -0.3 is 14.8 Å². The summed E-state index contributed by atoms with van der Waals surface area (Å²) in [6.45, 7) is 3.39. The molecule has 2 heterocycles. The Morgan fingerprint density at radius 2 is 2.00 bits per heavy atom. The Balaban J connectivity index is 1.89. The molecule has 0 bridgehead atoms. The molecule has 26 heavy (non-hydrogen) atoms. The molecule has 1 aliphatic heterocycles. The topological polar surface area (TPSA) is 94.6 Å². The Hall–Kier alpha value is -2.74. The second-order valence-electron chi connectivity index (χ2n) is 6.38. The second kappa shape index (κ2) is 6.87. The summed E-state index contributed by atoms with van der Waals surface area (Å²) in [6.07, 6.45) is 0.0135. The standard InChI is InChI=1S/C18H18N2O5S/c1-18(2)11(9-12(21)25-18)15(22)20-17-19-13(16(23)24-3)14(26-17)10-7-5-4-6-8-10/h4-8,11H,9H2,1-3H3,(H,19,20,22). The van der Waals surface area contributed by atoms with Gasteiger partial charge in [-0.15, -0.1) is 0 Å². The van der Waals surface area contributed by atoms with Crippen LogP contribution in [-0.2, 0) is 19.1 Å². The number of hydrogen-bond donors (Lipinski definition) is 1. The fraction of sp³-hybridized carbons (Fsp3) is 0.333. The molecule has 1 aliphatic rings. The third kappa shape index (κ3) is 3.45. The quantitative estimate of drug-likeness (QED) is 0.827. The highest BCUT2D eigenvalue weighted by molar-refractivity contribution is 7.19. The van der Waals surface area contributed by atoms with Crippen molar-refractivity contribution in [2.24, 2.45) is 5.92 Å². The molecule has 2 aromatic rings. The first-order valence-electron chi connectivity index (χ1n) is 7.99. The average Bonchev–Trinajstić information content (AvgIpc) is 3.14. The summed E-state index contributed by atoms with van der Waals surface area (Å²) in [7, 11) is 1.28. The lowest BCUT2D eigenvalue weighted by Gasteiger charge is -2.23. The normalized spacial score (nSPS) is 18.3. The number of rotatable bonds is 4. The molecular formula is C18H18N2O5S. The van der Waals surface area contributed by atoms with Crippen molar-refractivity contribution >= 4 is 34.3 Å². The number of esters is 2. The molecule has 1 saturated heterocycles. The molecule has 1 aromatic carbocycles. The fourth-order valence-electron chi connectivity index (χ4n) is 2.81. The number of hydrogen-bond acceptors (Lipinski definition) is 7. The Kier molecular flexibility index (Phi) is 4.78. The number of nitrogens with zero attached hydrogens (tertiary/aromatic N) is 1. The van der Waals surface area contributed by atoms with Crippen LogP contribution in [0.4, 0.5) is 5.13 Å². The smallest absolute Gasteiger partial charge is 0.358 e. The minimum absolute atomic E-state index is 0.0135. The van der Waals surface area contributed by atoms with Gasteiger partial charge in [0.25, 0.3) is 0 Å². The van der Waals surface area contributed by atoms with E-state index in [1.807, 2.05) is 30.3 Å². The molecule has 1 N–H and O–H groups in total. The maximum atomic E-state index is 12.6. The van der Waals surface area contributed by atoms with E-state index >= 15 is 0 Å². The number of aromatic nitrogens is 1. The largest absolute Gasteiger partial charge is 0.464 e. The number of anilines is 1. The summed E-state index contributed by atoms with van der Waals surface area (Å²) in [5.41, 5.74) is 0.0499. The SMILES string of the molecule is COC(=O)c1nc(NC(=O)C2CC(=O)OC2(C)C)sc1-c1ccccc1. The molecule has 7 nitrogen and oxygen atoms in total. The van der Waals surface area contributed by atoms with Crippen molar-refractivity contribution in [3.05, 3.63) is 36.0 Å². The molecule has 0 saturated carbocycles. The van der Waals surface area contributed by atoms with Crippen molar-refractivity contribution in [1.29, 1.82) is 0 Å². The second-order valence-corrected chi connectivity index (χ2v) is 7.38. The minimum Gasteiger partial charge on any atom is -0.464 e. The van der Waals surface area contributed by atoms with Crippen molar-refractivity contribution in [2.45, 2.75) is 25.9 Å². The van der Waals surface area contributed by atoms with E-state index in [4.69, 9.17) is 9.47 Å². The van der Waals surface area contributed by atoms with E-state index in [1.165, 1.54) is 18.4 Å². The van der Waals surface area contributed by atoms with Gasteiger partial charge in [-0.1, -0.05) is 41.7 Å². The number of benzene rings is 1. The molecule has 1 atom stereocenters. The van der Waals surface area contributed by atoms with Gasteiger partial charge in [-0.3, -0.25) is 9.59 Å². The predicted octanol–water partition coefficient (Wildman–Crippen LogP) is 2.88. The van der Waals surface area contributed by atoms with E-state index in [-0.39, 0.29) is 23.2 Å². The molecule has 3 rings (SSSR count). The molecule has 1 fully saturated rings. The van der Waals surface area contributed by atoms with E-state index in [0.29, 0.717) is 4.88 Å². The number of methoxy groups -OCH3 is 1. The third-order valence-electron chi connectivity index (χ3n) is 4.18. The minimum atomic E-state index is -0.883. The zero-order chi connectivity index (χ0) is 18.9. The van der Waals surface area contributed by atoms with Crippen molar-refractivity contribution < 1.29 is 23.9 Å². The molecule has 1 aromatic heterocycles. The van der Waals surface area contributed by atoms with E-state index in [9.17, 15) is 14.4 Å². The van der Waals surface area contributed by atoms with Crippen LogP contribution in [0.3, 0.4) is 0 Å². The van der Waals surface area contributed by atoms with Gasteiger partial charge in [-0.25, -0.2) is 9.78 Å². The Labute approximate surface area is 154 Å². The van der Waals surface area contributed by atoms with Crippen LogP contribution in [0.2, 0.25) is 0 Å². The Morgan fingerprint density at radius 3 is 2.58 bits per heavy atom. The van der Waals surface area contributed by atoms with E-state index in [0.717, 1.165) is 5.56 Å². The highest BCUT2D eigenvalue weighted by Gasteiger charge is 2.46. The van der Waals surface area contributed by atoms with Crippen LogP contribution in [0.1, 0.15) is 30.8 Å². The fourth-order valence-corrected chi connectivity index (χ4v) is 3.77. The maximum Gasteiger partial charge on any atom is 0.358 e. The van der Waals surface area contributed by atoms with Crippen LogP contribution in [0, 0.1) is 5.92 Å². The van der Waals surface area contributed by atoms with Gasteiger partial charge in [0.05, 0.1) is 24.3 Å². The van der Waals surface area contributed by atoms with Gasteiger partial charge in [-0.2, -0.15) is 0 Å². The molecule has 136 valence electrons.